The van der Waals surface area contributed by atoms with Crippen LogP contribution < -0.4 is 0 Å². The van der Waals surface area contributed by atoms with Crippen LogP contribution in [0.5, 0.6) is 0 Å². The van der Waals surface area contributed by atoms with Crippen LogP contribution in [-0.4, -0.2) is 26.9 Å². The molecule has 0 aromatic carbocycles. The lowest BCUT2D eigenvalue weighted by Crippen LogP contribution is -2.64. The first-order chi connectivity index (χ1) is 14.5. The van der Waals surface area contributed by atoms with Crippen LogP contribution in [-0.2, 0) is 11.3 Å². The van der Waals surface area contributed by atoms with E-state index in [4.69, 9.17) is 0 Å². The van der Waals surface area contributed by atoms with Crippen molar-refractivity contribution >= 4 is 5.78 Å². The zero-order valence-electron chi connectivity index (χ0n) is 20.0. The van der Waals surface area contributed by atoms with Crippen LogP contribution in [0.2, 0.25) is 0 Å². The van der Waals surface area contributed by atoms with E-state index in [1.165, 1.54) is 17.6 Å². The molecule has 4 nitrogen and oxygen atoms in total. The van der Waals surface area contributed by atoms with Crippen LogP contribution in [0.4, 0.5) is 4.39 Å². The first-order valence-electron chi connectivity index (χ1n) is 12.6. The number of hydrogen-bond acceptors (Lipinski definition) is 3. The van der Waals surface area contributed by atoms with E-state index in [0.29, 0.717) is 24.2 Å². The Morgan fingerprint density at radius 1 is 0.968 bits per heavy atom. The molecule has 31 heavy (non-hydrogen) atoms. The van der Waals surface area contributed by atoms with Crippen LogP contribution in [0.25, 0.3) is 0 Å². The van der Waals surface area contributed by atoms with E-state index >= 15 is 4.39 Å². The maximum Gasteiger partial charge on any atom is 0.159 e. The maximum absolute atomic E-state index is 16.0. The van der Waals surface area contributed by atoms with Gasteiger partial charge in [0.05, 0.1) is 12.4 Å². The highest BCUT2D eigenvalue weighted by Gasteiger charge is 2.70. The molecule has 4 aliphatic carbocycles. The molecule has 1 aromatic heterocycles. The minimum atomic E-state index is -0.722. The molecule has 172 valence electrons. The number of nitrogens with zero attached hydrogens (tertiary/aromatic N) is 3. The molecule has 0 amide bonds. The van der Waals surface area contributed by atoms with Gasteiger partial charge in [-0.15, -0.1) is 0 Å². The minimum absolute atomic E-state index is 0.0204. The van der Waals surface area contributed by atoms with Crippen molar-refractivity contribution in [3.63, 3.8) is 0 Å². The number of ketones is 1. The lowest BCUT2D eigenvalue weighted by Gasteiger charge is -2.69. The van der Waals surface area contributed by atoms with Gasteiger partial charge in [-0.2, -0.15) is 15.0 Å². The number of hydrogen-bond donors (Lipinski definition) is 0. The molecule has 0 bridgehead atoms. The molecule has 0 aliphatic heterocycles. The highest BCUT2D eigenvalue weighted by atomic mass is 19.1. The number of carbonyl (C=O) groups is 1. The van der Waals surface area contributed by atoms with Gasteiger partial charge in [0.1, 0.15) is 12.7 Å². The van der Waals surface area contributed by atoms with E-state index in [-0.39, 0.29) is 39.9 Å². The van der Waals surface area contributed by atoms with Crippen molar-refractivity contribution in [2.75, 3.05) is 0 Å². The van der Waals surface area contributed by atoms with Crippen LogP contribution in [0.3, 0.4) is 0 Å². The molecular weight excluding hydrogens is 389 g/mol. The Morgan fingerprint density at radius 2 is 1.68 bits per heavy atom. The summed E-state index contributed by atoms with van der Waals surface area (Å²) in [5, 5.41) is 8.30. The lowest BCUT2D eigenvalue weighted by atomic mass is 9.36. The topological polar surface area (TPSA) is 47.8 Å². The molecule has 0 N–H and O–H groups in total. The van der Waals surface area contributed by atoms with Crippen molar-refractivity contribution in [2.24, 2.45) is 45.3 Å². The van der Waals surface area contributed by atoms with Gasteiger partial charge in [-0.3, -0.25) is 4.79 Å². The zero-order valence-corrected chi connectivity index (χ0v) is 20.0. The van der Waals surface area contributed by atoms with Gasteiger partial charge in [-0.1, -0.05) is 41.0 Å². The molecule has 4 fully saturated rings. The summed E-state index contributed by atoms with van der Waals surface area (Å²) in [6, 6.07) is 0. The second-order valence-electron chi connectivity index (χ2n) is 12.7. The summed E-state index contributed by atoms with van der Waals surface area (Å²) >= 11 is 0. The van der Waals surface area contributed by atoms with Gasteiger partial charge in [0.2, 0.25) is 0 Å². The average Bonchev–Trinajstić information content (AvgIpc) is 3.30. The third-order valence-electron chi connectivity index (χ3n) is 11.4. The summed E-state index contributed by atoms with van der Waals surface area (Å²) in [6.45, 7) is 12.1. The third-order valence-corrected chi connectivity index (χ3v) is 11.4. The Hall–Kier alpha value is -1.26. The predicted molar refractivity (Wildman–Crippen MR) is 119 cm³/mol. The molecule has 0 saturated heterocycles. The average molecular weight is 430 g/mol. The van der Waals surface area contributed by atoms with Gasteiger partial charge in [0.15, 0.2) is 5.78 Å². The third kappa shape index (κ3) is 2.80. The van der Waals surface area contributed by atoms with Crippen molar-refractivity contribution in [1.29, 1.82) is 0 Å². The standard InChI is InChI=1S/C26H40FN3O/c1-17-6-7-20-23(2)10-11-25(4)18(19(31)16-30-28-12-13-29-30)8-9-26(25,5)21(23)14-22(27)24(20,3)15-17/h12-13,17-18,20-22H,6-11,14-16H2,1-5H3/t17-,18+,20+,21+,22+,23+,24-,25+,26-/m0/s1. The van der Waals surface area contributed by atoms with Crippen molar-refractivity contribution in [1.82, 2.24) is 15.0 Å². The highest BCUT2D eigenvalue weighted by Crippen LogP contribution is 2.76. The van der Waals surface area contributed by atoms with Gasteiger partial charge < -0.3 is 0 Å². The molecule has 5 heteroatoms. The number of aromatic nitrogens is 3. The van der Waals surface area contributed by atoms with Gasteiger partial charge in [-0.25, -0.2) is 4.39 Å². The summed E-state index contributed by atoms with van der Waals surface area (Å²) in [7, 11) is 0. The largest absolute Gasteiger partial charge is 0.297 e. The number of carbonyl (C=O) groups excluding carboxylic acids is 1. The summed E-state index contributed by atoms with van der Waals surface area (Å²) < 4.78 is 16.0. The Bertz CT molecular complexity index is 857. The Kier molecular flexibility index (Phi) is 4.78. The molecule has 4 saturated carbocycles. The number of rotatable bonds is 3. The fourth-order valence-corrected chi connectivity index (χ4v) is 9.63. The molecule has 5 rings (SSSR count). The van der Waals surface area contributed by atoms with Crippen molar-refractivity contribution in [3.05, 3.63) is 12.4 Å². The van der Waals surface area contributed by atoms with Crippen LogP contribution in [0.15, 0.2) is 12.4 Å². The van der Waals surface area contributed by atoms with E-state index in [9.17, 15) is 4.79 Å². The van der Waals surface area contributed by atoms with Crippen LogP contribution in [0.1, 0.15) is 86.0 Å². The van der Waals surface area contributed by atoms with Crippen molar-refractivity contribution < 1.29 is 9.18 Å². The molecule has 9 atom stereocenters. The lowest BCUT2D eigenvalue weighted by molar-refractivity contribution is -0.217. The van der Waals surface area contributed by atoms with Gasteiger partial charge in [0, 0.05) is 11.3 Å². The molecule has 0 unspecified atom stereocenters. The predicted octanol–water partition coefficient (Wildman–Crippen LogP) is 5.87. The quantitative estimate of drug-likeness (QED) is 0.604. The van der Waals surface area contributed by atoms with E-state index in [1.54, 1.807) is 12.4 Å². The summed E-state index contributed by atoms with van der Waals surface area (Å²) in [4.78, 5) is 14.9. The number of Topliss-reactive ketones (excluding diaryl/α,β-unsaturated/α-hetero) is 1. The molecular formula is C26H40FN3O. The molecule has 1 heterocycles. The van der Waals surface area contributed by atoms with Crippen molar-refractivity contribution in [2.45, 2.75) is 98.7 Å². The summed E-state index contributed by atoms with van der Waals surface area (Å²) in [5.41, 5.74) is -0.0245. The van der Waals surface area contributed by atoms with E-state index in [2.05, 4.69) is 44.8 Å². The van der Waals surface area contributed by atoms with E-state index < -0.39 is 6.17 Å². The number of alkyl halides is 1. The van der Waals surface area contributed by atoms with Crippen LogP contribution >= 0.6 is 0 Å². The normalized spacial score (nSPS) is 51.6. The summed E-state index contributed by atoms with van der Waals surface area (Å²) in [6.07, 6.45) is 10.8. The maximum atomic E-state index is 16.0. The zero-order chi connectivity index (χ0) is 22.2. The second kappa shape index (κ2) is 6.87. The Labute approximate surface area is 186 Å². The molecule has 1 aromatic rings. The number of fused-ring (bicyclic) bond motifs is 5. The fraction of sp³-hybridized carbons (Fsp3) is 0.885. The SMILES string of the molecule is C[C@H]1CC[C@H]2[C@](C)(C1)[C@H](F)C[C@@H]1[C@]2(C)CC[C@]2(C)[C@@H](C(=O)Cn3nccn3)CC[C@@]12C. The second-order valence-corrected chi connectivity index (χ2v) is 12.7. The monoisotopic (exact) mass is 429 g/mol. The van der Waals surface area contributed by atoms with Crippen LogP contribution in [0, 0.1) is 45.3 Å². The number of halogens is 1. The van der Waals surface area contributed by atoms with Gasteiger partial charge >= 0.3 is 0 Å². The van der Waals surface area contributed by atoms with E-state index in [1.807, 2.05) is 0 Å². The first kappa shape index (κ1) is 21.6. The Morgan fingerprint density at radius 3 is 2.39 bits per heavy atom. The fourth-order valence-electron chi connectivity index (χ4n) is 9.63. The van der Waals surface area contributed by atoms with Gasteiger partial charge in [0.25, 0.3) is 0 Å². The molecule has 0 radical (unpaired) electrons. The first-order valence-corrected chi connectivity index (χ1v) is 12.6. The Balaban J connectivity index is 1.47. The van der Waals surface area contributed by atoms with E-state index in [0.717, 1.165) is 32.1 Å². The van der Waals surface area contributed by atoms with Gasteiger partial charge in [-0.05, 0) is 78.9 Å². The minimum Gasteiger partial charge on any atom is -0.297 e. The highest BCUT2D eigenvalue weighted by molar-refractivity contribution is 5.82. The molecule has 0 spiro atoms. The molecule has 4 aliphatic rings. The smallest absolute Gasteiger partial charge is 0.159 e. The van der Waals surface area contributed by atoms with Crippen molar-refractivity contribution in [3.8, 4) is 0 Å². The summed E-state index contributed by atoms with van der Waals surface area (Å²) in [5.74, 6) is 1.75.